The molecule has 39 heavy (non-hydrogen) atoms. The van der Waals surface area contributed by atoms with Gasteiger partial charge < -0.3 is 10.1 Å². The first-order valence-electron chi connectivity index (χ1n) is 15.7. The fourth-order valence-corrected chi connectivity index (χ4v) is 12.7. The van der Waals surface area contributed by atoms with Gasteiger partial charge in [-0.25, -0.2) is 0 Å². The second-order valence-electron chi connectivity index (χ2n) is 15.8. The average Bonchev–Trinajstić information content (AvgIpc) is 3.45. The quantitative estimate of drug-likeness (QED) is 0.415. The summed E-state index contributed by atoms with van der Waals surface area (Å²) in [4.78, 5) is 29.6. The highest BCUT2D eigenvalue weighted by atomic mass is 16.4. The van der Waals surface area contributed by atoms with Crippen molar-refractivity contribution in [2.75, 3.05) is 0 Å². The van der Waals surface area contributed by atoms with E-state index >= 15 is 0 Å². The van der Waals surface area contributed by atoms with Crippen LogP contribution >= 0.6 is 0 Å². The zero-order valence-electron chi connectivity index (χ0n) is 24.8. The third-order valence-corrected chi connectivity index (χ3v) is 14.5. The molecule has 0 unspecified atom stereocenters. The van der Waals surface area contributed by atoms with Crippen LogP contribution in [0.3, 0.4) is 0 Å². The molecule has 1 heterocycles. The van der Waals surface area contributed by atoms with Gasteiger partial charge in [0.05, 0.1) is 5.41 Å². The van der Waals surface area contributed by atoms with Crippen molar-refractivity contribution in [3.63, 3.8) is 0 Å². The van der Waals surface area contributed by atoms with Crippen LogP contribution in [-0.4, -0.2) is 21.8 Å². The molecule has 0 amide bonds. The Balaban J connectivity index is 1.33. The first-order valence-corrected chi connectivity index (χ1v) is 15.7. The third kappa shape index (κ3) is 2.92. The number of fused-ring (bicyclic) bond motifs is 10. The number of aromatic amines is 1. The minimum atomic E-state index is -0.698. The normalized spacial score (nSPS) is 45.9. The lowest BCUT2D eigenvalue weighted by Crippen LogP contribution is -2.67. The van der Waals surface area contributed by atoms with Crippen LogP contribution in [0.5, 0.6) is 0 Å². The van der Waals surface area contributed by atoms with Gasteiger partial charge in [0.2, 0.25) is 0 Å². The van der Waals surface area contributed by atoms with Gasteiger partial charge in [0, 0.05) is 27.9 Å². The molecule has 4 nitrogen and oxygen atoms in total. The molecule has 2 aromatic rings. The first-order chi connectivity index (χ1) is 18.3. The van der Waals surface area contributed by atoms with E-state index in [-0.39, 0.29) is 39.3 Å². The minimum Gasteiger partial charge on any atom is -0.481 e. The molecule has 4 heteroatoms. The Morgan fingerprint density at radius 2 is 1.62 bits per heavy atom. The molecular formula is C35H47NO3. The first kappa shape index (κ1) is 25.8. The highest BCUT2D eigenvalue weighted by molar-refractivity contribution is 5.86. The van der Waals surface area contributed by atoms with Crippen LogP contribution in [-0.2, 0) is 21.4 Å². The fourth-order valence-electron chi connectivity index (χ4n) is 12.7. The lowest BCUT2D eigenvalue weighted by atomic mass is 9.32. The topological polar surface area (TPSA) is 70.2 Å². The van der Waals surface area contributed by atoms with Crippen molar-refractivity contribution < 1.29 is 14.7 Å². The van der Waals surface area contributed by atoms with Crippen molar-refractivity contribution >= 4 is 22.7 Å². The number of aromatic nitrogens is 1. The van der Waals surface area contributed by atoms with E-state index in [1.54, 1.807) is 6.92 Å². The van der Waals surface area contributed by atoms with Crippen LogP contribution in [0.4, 0.5) is 0 Å². The number of carboxylic acid groups (broad SMARTS) is 1. The summed E-state index contributed by atoms with van der Waals surface area (Å²) in [5, 5.41) is 12.0. The van der Waals surface area contributed by atoms with Crippen LogP contribution < -0.4 is 0 Å². The SMILES string of the molecule is CC(=O)[C@@H]1CC[C@]2(C(=O)O)CC[C@]3(C)[C@H](CC[C@@H]4[C@@]5(C)Cc6c([nH]c7ccccc67)C(C)(C)[C@@H]5CC[C@]43C)[C@@H]12. The number of ketones is 1. The Bertz CT molecular complexity index is 1390. The van der Waals surface area contributed by atoms with E-state index in [4.69, 9.17) is 0 Å². The Kier molecular flexibility index (Phi) is 5.16. The molecule has 1 aromatic heterocycles. The van der Waals surface area contributed by atoms with Gasteiger partial charge in [-0.05, 0) is 116 Å². The summed E-state index contributed by atoms with van der Waals surface area (Å²) in [6.45, 7) is 14.4. The number of carbonyl (C=O) groups is 2. The van der Waals surface area contributed by atoms with Crippen molar-refractivity contribution in [3.05, 3.63) is 35.5 Å². The Morgan fingerprint density at radius 1 is 0.872 bits per heavy atom. The number of carboxylic acids is 1. The maximum Gasteiger partial charge on any atom is 0.309 e. The summed E-state index contributed by atoms with van der Waals surface area (Å²) in [5.74, 6) is 1.03. The number of nitrogens with one attached hydrogen (secondary N) is 1. The van der Waals surface area contributed by atoms with Gasteiger partial charge in [-0.3, -0.25) is 9.59 Å². The Hall–Kier alpha value is -2.10. The largest absolute Gasteiger partial charge is 0.481 e. The molecule has 4 fully saturated rings. The maximum absolute atomic E-state index is 12.9. The van der Waals surface area contributed by atoms with Crippen molar-refractivity contribution in [2.45, 2.75) is 105 Å². The molecule has 0 saturated heterocycles. The van der Waals surface area contributed by atoms with E-state index in [0.29, 0.717) is 24.2 Å². The molecule has 9 atom stereocenters. The zero-order chi connectivity index (χ0) is 27.8. The van der Waals surface area contributed by atoms with Crippen LogP contribution in [0.25, 0.3) is 10.9 Å². The molecule has 0 aliphatic heterocycles. The van der Waals surface area contributed by atoms with Crippen LogP contribution in [0.2, 0.25) is 0 Å². The van der Waals surface area contributed by atoms with Crippen molar-refractivity contribution in [1.29, 1.82) is 0 Å². The fraction of sp³-hybridized carbons (Fsp3) is 0.714. The highest BCUT2D eigenvalue weighted by Crippen LogP contribution is 2.77. The molecule has 210 valence electrons. The summed E-state index contributed by atoms with van der Waals surface area (Å²) in [6.07, 6.45) is 8.96. The van der Waals surface area contributed by atoms with Crippen molar-refractivity contribution in [3.8, 4) is 0 Å². The number of hydrogen-bond donors (Lipinski definition) is 2. The number of carbonyl (C=O) groups excluding carboxylic acids is 1. The third-order valence-electron chi connectivity index (χ3n) is 14.5. The average molecular weight is 530 g/mol. The van der Waals surface area contributed by atoms with Gasteiger partial charge in [0.1, 0.15) is 5.78 Å². The van der Waals surface area contributed by atoms with E-state index < -0.39 is 11.4 Å². The highest BCUT2D eigenvalue weighted by Gasteiger charge is 2.72. The number of hydrogen-bond acceptors (Lipinski definition) is 2. The summed E-state index contributed by atoms with van der Waals surface area (Å²) in [5.41, 5.74) is 4.05. The Morgan fingerprint density at radius 3 is 2.33 bits per heavy atom. The number of Topliss-reactive ketones (excluding diaryl/α,β-unsaturated/α-hetero) is 1. The van der Waals surface area contributed by atoms with Gasteiger partial charge in [0.25, 0.3) is 0 Å². The number of aliphatic carboxylic acids is 1. The van der Waals surface area contributed by atoms with Gasteiger partial charge in [-0.15, -0.1) is 0 Å². The number of H-pyrrole nitrogens is 1. The predicted octanol–water partition coefficient (Wildman–Crippen LogP) is 7.94. The van der Waals surface area contributed by atoms with Gasteiger partial charge in [-0.2, -0.15) is 0 Å². The molecule has 2 N–H and O–H groups in total. The lowest BCUT2D eigenvalue weighted by molar-refractivity contribution is -0.228. The maximum atomic E-state index is 12.9. The van der Waals surface area contributed by atoms with Gasteiger partial charge in [-0.1, -0.05) is 52.8 Å². The molecular weight excluding hydrogens is 482 g/mol. The number of rotatable bonds is 2. The number of benzene rings is 1. The molecule has 0 spiro atoms. The molecule has 7 rings (SSSR count). The second-order valence-corrected chi connectivity index (χ2v) is 15.8. The van der Waals surface area contributed by atoms with Crippen LogP contribution in [0, 0.1) is 51.2 Å². The summed E-state index contributed by atoms with van der Waals surface area (Å²) in [6, 6.07) is 8.86. The molecule has 5 aliphatic carbocycles. The summed E-state index contributed by atoms with van der Waals surface area (Å²) < 4.78 is 0. The molecule has 5 aliphatic rings. The predicted molar refractivity (Wildman–Crippen MR) is 154 cm³/mol. The van der Waals surface area contributed by atoms with E-state index in [1.807, 2.05) is 0 Å². The van der Waals surface area contributed by atoms with E-state index in [0.717, 1.165) is 38.5 Å². The van der Waals surface area contributed by atoms with Gasteiger partial charge in [0.15, 0.2) is 0 Å². The van der Waals surface area contributed by atoms with Gasteiger partial charge >= 0.3 is 5.97 Å². The zero-order valence-corrected chi connectivity index (χ0v) is 24.8. The summed E-state index contributed by atoms with van der Waals surface area (Å²) >= 11 is 0. The van der Waals surface area contributed by atoms with Crippen LogP contribution in [0.1, 0.15) is 104 Å². The van der Waals surface area contributed by atoms with Crippen molar-refractivity contribution in [1.82, 2.24) is 4.98 Å². The Labute approximate surface area is 233 Å². The van der Waals surface area contributed by atoms with Crippen LogP contribution in [0.15, 0.2) is 24.3 Å². The van der Waals surface area contributed by atoms with E-state index in [2.05, 4.69) is 63.9 Å². The monoisotopic (exact) mass is 529 g/mol. The lowest BCUT2D eigenvalue weighted by Gasteiger charge is -2.72. The summed E-state index contributed by atoms with van der Waals surface area (Å²) in [7, 11) is 0. The van der Waals surface area contributed by atoms with E-state index in [9.17, 15) is 14.7 Å². The molecule has 1 aromatic carbocycles. The van der Waals surface area contributed by atoms with Crippen molar-refractivity contribution in [2.24, 2.45) is 51.2 Å². The van der Waals surface area contributed by atoms with E-state index in [1.165, 1.54) is 35.0 Å². The standard InChI is InChI=1S/C35H47NO3/c1-20(37)21-13-16-35(30(38)39)18-17-33(5)24(28(21)35)11-12-27-32(4)19-23-22-9-7-8-10-25(22)36-29(23)31(2,3)26(32)14-15-34(27,33)6/h7-10,21,24,26-28,36H,11-19H2,1-6H3,(H,38,39)/t21-,24+,26-,27+,28+,32-,33+,34+,35-/m0/s1. The smallest absolute Gasteiger partial charge is 0.309 e. The minimum absolute atomic E-state index is 0.00225. The molecule has 4 saturated carbocycles. The molecule has 0 bridgehead atoms. The molecule has 0 radical (unpaired) electrons. The number of para-hydroxylation sites is 1. The second kappa shape index (κ2) is 7.79.